The average molecular weight is 529 g/mol. The van der Waals surface area contributed by atoms with Crippen LogP contribution in [0.2, 0.25) is 0 Å². The highest BCUT2D eigenvalue weighted by atomic mass is 19.1. The van der Waals surface area contributed by atoms with E-state index < -0.39 is 0 Å². The Labute approximate surface area is 230 Å². The number of hydrogen-bond donors (Lipinski definition) is 3. The van der Waals surface area contributed by atoms with E-state index >= 15 is 0 Å². The Balaban J connectivity index is 1.21. The number of hydrogen-bond acceptors (Lipinski definition) is 7. The molecule has 0 saturated heterocycles. The summed E-state index contributed by atoms with van der Waals surface area (Å²) in [6.07, 6.45) is 0. The molecule has 0 unspecified atom stereocenters. The van der Waals surface area contributed by atoms with Crippen LogP contribution in [0.15, 0.2) is 109 Å². The Kier molecular flexibility index (Phi) is 6.64. The van der Waals surface area contributed by atoms with Gasteiger partial charge >= 0.3 is 0 Å². The largest absolute Gasteiger partial charge is 0.489 e. The molecule has 0 fully saturated rings. The van der Waals surface area contributed by atoms with Crippen LogP contribution in [-0.4, -0.2) is 15.0 Å². The lowest BCUT2D eigenvalue weighted by atomic mass is 10.1. The molecule has 8 heteroatoms. The van der Waals surface area contributed by atoms with E-state index in [-0.39, 0.29) is 11.8 Å². The van der Waals surface area contributed by atoms with Gasteiger partial charge in [0, 0.05) is 34.0 Å². The zero-order valence-electron chi connectivity index (χ0n) is 21.4. The third kappa shape index (κ3) is 5.51. The first-order valence-electron chi connectivity index (χ1n) is 12.7. The Morgan fingerprint density at radius 2 is 1.40 bits per heavy atom. The second-order valence-electron chi connectivity index (χ2n) is 9.26. The van der Waals surface area contributed by atoms with E-state index in [1.807, 2.05) is 78.9 Å². The van der Waals surface area contributed by atoms with Gasteiger partial charge in [0.15, 0.2) is 0 Å². The van der Waals surface area contributed by atoms with Gasteiger partial charge in [-0.2, -0.15) is 4.98 Å². The lowest BCUT2D eigenvalue weighted by Crippen LogP contribution is -2.02. The van der Waals surface area contributed by atoms with Crippen LogP contribution in [0.3, 0.4) is 0 Å². The van der Waals surface area contributed by atoms with E-state index in [0.29, 0.717) is 29.5 Å². The van der Waals surface area contributed by atoms with Crippen LogP contribution in [0.4, 0.5) is 27.5 Å². The fourth-order valence-electron chi connectivity index (χ4n) is 4.39. The summed E-state index contributed by atoms with van der Waals surface area (Å²) in [5.41, 5.74) is 18.6. The molecule has 0 saturated carbocycles. The second kappa shape index (κ2) is 10.7. The molecule has 4 aromatic carbocycles. The van der Waals surface area contributed by atoms with Gasteiger partial charge in [0.05, 0.1) is 16.9 Å². The van der Waals surface area contributed by atoms with Crippen molar-refractivity contribution in [2.45, 2.75) is 6.61 Å². The van der Waals surface area contributed by atoms with Gasteiger partial charge in [-0.3, -0.25) is 0 Å². The number of rotatable bonds is 7. The highest BCUT2D eigenvalue weighted by Gasteiger charge is 2.10. The van der Waals surface area contributed by atoms with E-state index in [1.165, 1.54) is 12.1 Å². The smallest absolute Gasteiger partial charge is 0.222 e. The topological polar surface area (TPSA) is 112 Å². The Morgan fingerprint density at radius 1 is 0.700 bits per heavy atom. The van der Waals surface area contributed by atoms with Crippen LogP contribution >= 0.6 is 0 Å². The molecule has 6 aromatic rings. The highest BCUT2D eigenvalue weighted by molar-refractivity contribution is 5.95. The van der Waals surface area contributed by atoms with Crippen molar-refractivity contribution in [1.29, 1.82) is 0 Å². The number of halogens is 1. The number of nitrogens with one attached hydrogen (secondary N) is 1. The summed E-state index contributed by atoms with van der Waals surface area (Å²) in [7, 11) is 0. The van der Waals surface area contributed by atoms with E-state index in [2.05, 4.69) is 15.3 Å². The van der Waals surface area contributed by atoms with Crippen molar-refractivity contribution in [1.82, 2.24) is 15.0 Å². The summed E-state index contributed by atoms with van der Waals surface area (Å²) in [6, 6.07) is 33.2. The molecule has 0 atom stereocenters. The number of fused-ring (bicyclic) bond motifs is 1. The van der Waals surface area contributed by atoms with Crippen LogP contribution in [0.5, 0.6) is 5.75 Å². The Morgan fingerprint density at radius 3 is 2.15 bits per heavy atom. The zero-order valence-corrected chi connectivity index (χ0v) is 21.4. The van der Waals surface area contributed by atoms with Gasteiger partial charge < -0.3 is 21.5 Å². The molecular weight excluding hydrogens is 503 g/mol. The predicted molar refractivity (Wildman–Crippen MR) is 157 cm³/mol. The van der Waals surface area contributed by atoms with Gasteiger partial charge in [-0.25, -0.2) is 14.4 Å². The molecular formula is C32H25FN6O. The maximum absolute atomic E-state index is 13.3. The monoisotopic (exact) mass is 528 g/mol. The molecule has 0 aliphatic heterocycles. The van der Waals surface area contributed by atoms with Crippen molar-refractivity contribution in [3.63, 3.8) is 0 Å². The van der Waals surface area contributed by atoms with Crippen LogP contribution in [0, 0.1) is 5.82 Å². The first-order valence-corrected chi connectivity index (χ1v) is 12.7. The van der Waals surface area contributed by atoms with Crippen molar-refractivity contribution in [3.05, 3.63) is 121 Å². The lowest BCUT2D eigenvalue weighted by Gasteiger charge is -2.12. The first kappa shape index (κ1) is 24.8. The maximum Gasteiger partial charge on any atom is 0.222 e. The molecule has 0 radical (unpaired) electrons. The number of pyridine rings is 1. The summed E-state index contributed by atoms with van der Waals surface area (Å²) in [6.45, 7) is 0.494. The van der Waals surface area contributed by atoms with Crippen LogP contribution < -0.4 is 21.5 Å². The Hall–Kier alpha value is -5.50. The van der Waals surface area contributed by atoms with E-state index in [0.717, 1.165) is 39.0 Å². The highest BCUT2D eigenvalue weighted by Crippen LogP contribution is 2.30. The van der Waals surface area contributed by atoms with Gasteiger partial charge in [0.1, 0.15) is 24.0 Å². The van der Waals surface area contributed by atoms with Gasteiger partial charge in [-0.1, -0.05) is 30.3 Å². The summed E-state index contributed by atoms with van der Waals surface area (Å²) < 4.78 is 19.2. The molecule has 2 aromatic heterocycles. The van der Waals surface area contributed by atoms with Crippen LogP contribution in [0.1, 0.15) is 5.56 Å². The first-order chi connectivity index (χ1) is 19.5. The zero-order chi connectivity index (χ0) is 27.5. The quantitative estimate of drug-likeness (QED) is 0.205. The number of ether oxygens (including phenoxy) is 1. The Bertz CT molecular complexity index is 1790. The van der Waals surface area contributed by atoms with Crippen LogP contribution in [-0.2, 0) is 6.61 Å². The van der Waals surface area contributed by atoms with E-state index in [9.17, 15) is 4.39 Å². The summed E-state index contributed by atoms with van der Waals surface area (Å²) in [5, 5.41) is 4.08. The number of benzene rings is 4. The molecule has 196 valence electrons. The third-order valence-corrected chi connectivity index (χ3v) is 6.39. The van der Waals surface area contributed by atoms with Gasteiger partial charge in [0.25, 0.3) is 0 Å². The maximum atomic E-state index is 13.3. The lowest BCUT2D eigenvalue weighted by molar-refractivity contribution is 0.306. The number of aromatic nitrogens is 3. The van der Waals surface area contributed by atoms with E-state index in [4.69, 9.17) is 21.2 Å². The van der Waals surface area contributed by atoms with E-state index in [1.54, 1.807) is 18.2 Å². The number of nitrogens with zero attached hydrogens (tertiary/aromatic N) is 3. The fourth-order valence-corrected chi connectivity index (χ4v) is 4.39. The van der Waals surface area contributed by atoms with Gasteiger partial charge in [-0.05, 0) is 78.4 Å². The molecule has 5 N–H and O–H groups in total. The molecule has 0 aliphatic rings. The minimum absolute atomic E-state index is 0.148. The molecule has 40 heavy (non-hydrogen) atoms. The van der Waals surface area contributed by atoms with Crippen LogP contribution in [0.25, 0.3) is 33.4 Å². The number of anilines is 4. The molecule has 7 nitrogen and oxygen atoms in total. The fraction of sp³-hybridized carbons (Fsp3) is 0.0312. The SMILES string of the molecule is Nc1nc(Nc2ccc3nc(-c4ccc(F)cc4)cc(N)c3c2)cc(-c2ccc(OCc3ccccc3)cc2)n1. The summed E-state index contributed by atoms with van der Waals surface area (Å²) in [4.78, 5) is 13.5. The number of nitrogen functional groups attached to an aromatic ring is 2. The van der Waals surface area contributed by atoms with Gasteiger partial charge in [-0.15, -0.1) is 0 Å². The minimum atomic E-state index is -0.299. The second-order valence-corrected chi connectivity index (χ2v) is 9.26. The van der Waals surface area contributed by atoms with Crippen molar-refractivity contribution in [3.8, 4) is 28.3 Å². The molecule has 0 amide bonds. The minimum Gasteiger partial charge on any atom is -0.489 e. The van der Waals surface area contributed by atoms with Crippen molar-refractivity contribution in [2.75, 3.05) is 16.8 Å². The molecule has 2 heterocycles. The standard InChI is InChI=1S/C32H25FN6O/c33-23-10-6-21(7-11-23)29-17-27(34)26-16-24(12-15-28(26)37-29)36-31-18-30(38-32(35)39-31)22-8-13-25(14-9-22)40-19-20-4-2-1-3-5-20/h1-18H,19H2,(H2,34,37)(H3,35,36,38,39). The predicted octanol–water partition coefficient (Wildman–Crippen LogP) is 6.98. The van der Waals surface area contributed by atoms with Crippen molar-refractivity contribution in [2.24, 2.45) is 0 Å². The normalized spacial score (nSPS) is 10.9. The third-order valence-electron chi connectivity index (χ3n) is 6.39. The summed E-state index contributed by atoms with van der Waals surface area (Å²) in [5.74, 6) is 1.15. The number of nitrogens with two attached hydrogens (primary N) is 2. The van der Waals surface area contributed by atoms with Crippen molar-refractivity contribution >= 4 is 34.0 Å². The van der Waals surface area contributed by atoms with Crippen molar-refractivity contribution < 1.29 is 9.13 Å². The average Bonchev–Trinajstić information content (AvgIpc) is 2.97. The van der Waals surface area contributed by atoms with Gasteiger partial charge in [0.2, 0.25) is 5.95 Å². The summed E-state index contributed by atoms with van der Waals surface area (Å²) >= 11 is 0. The molecule has 0 bridgehead atoms. The molecule has 6 rings (SSSR count). The molecule has 0 spiro atoms. The molecule has 0 aliphatic carbocycles.